The fraction of sp³-hybridized carbons (Fsp3) is 0.263. The molecule has 0 saturated heterocycles. The highest BCUT2D eigenvalue weighted by Crippen LogP contribution is 2.20. The van der Waals surface area contributed by atoms with Crippen LogP contribution in [-0.4, -0.2) is 47.7 Å². The molecule has 2 aromatic heterocycles. The highest BCUT2D eigenvalue weighted by atomic mass is 35.5. The van der Waals surface area contributed by atoms with Crippen molar-refractivity contribution in [1.82, 2.24) is 24.9 Å². The maximum absolute atomic E-state index is 13.0. The Morgan fingerprint density at radius 1 is 1.31 bits per heavy atom. The molecule has 0 radical (unpaired) electrons. The van der Waals surface area contributed by atoms with Gasteiger partial charge in [-0.25, -0.2) is 0 Å². The fourth-order valence-corrected chi connectivity index (χ4v) is 3.72. The van der Waals surface area contributed by atoms with Crippen molar-refractivity contribution in [3.05, 3.63) is 63.7 Å². The lowest BCUT2D eigenvalue weighted by atomic mass is 10.1. The third kappa shape index (κ3) is 4.99. The lowest BCUT2D eigenvalue weighted by Gasteiger charge is -2.14. The molecule has 2 unspecified atom stereocenters. The molecule has 0 bridgehead atoms. The van der Waals surface area contributed by atoms with Crippen LogP contribution in [0.4, 0.5) is 0 Å². The van der Waals surface area contributed by atoms with E-state index in [1.54, 1.807) is 50.7 Å². The minimum absolute atomic E-state index is 0.0671. The number of rotatable bonds is 6. The number of carbonyl (C=O) groups excluding carboxylic acids is 1. The molecule has 1 N–H and O–H groups in total. The van der Waals surface area contributed by atoms with E-state index in [9.17, 15) is 13.8 Å². The molecule has 0 spiro atoms. The van der Waals surface area contributed by atoms with Crippen molar-refractivity contribution in [3.63, 3.8) is 0 Å². The number of aromatic nitrogens is 4. The van der Waals surface area contributed by atoms with Crippen molar-refractivity contribution in [3.8, 4) is 16.9 Å². The summed E-state index contributed by atoms with van der Waals surface area (Å²) in [6.07, 6.45) is 4.68. The number of carbonyl (C=O) groups is 1. The molecule has 0 aliphatic rings. The summed E-state index contributed by atoms with van der Waals surface area (Å²) in [4.78, 5) is 25.8. The maximum Gasteiger partial charge on any atom is 0.284 e. The van der Waals surface area contributed by atoms with Crippen LogP contribution in [0.25, 0.3) is 16.9 Å². The number of nitrogens with one attached hydrogen (secondary N) is 1. The van der Waals surface area contributed by atoms with Crippen LogP contribution in [0.15, 0.2) is 47.5 Å². The maximum atomic E-state index is 13.0. The van der Waals surface area contributed by atoms with Crippen LogP contribution >= 0.6 is 11.6 Å². The van der Waals surface area contributed by atoms with Crippen molar-refractivity contribution < 1.29 is 9.00 Å². The number of nitrogens with zero attached hydrogens (tertiary/aromatic N) is 4. The van der Waals surface area contributed by atoms with Gasteiger partial charge in [-0.2, -0.15) is 14.9 Å². The monoisotopic (exact) mass is 433 g/mol. The molecular weight excluding hydrogens is 414 g/mol. The predicted octanol–water partition coefficient (Wildman–Crippen LogP) is 1.78. The van der Waals surface area contributed by atoms with Crippen LogP contribution < -0.4 is 10.9 Å². The van der Waals surface area contributed by atoms with E-state index in [-0.39, 0.29) is 17.4 Å². The van der Waals surface area contributed by atoms with Gasteiger partial charge in [-0.05, 0) is 25.1 Å². The van der Waals surface area contributed by atoms with E-state index in [2.05, 4.69) is 15.5 Å². The molecule has 0 aliphatic carbocycles. The number of hydrogen-bond donors (Lipinski definition) is 1. The number of halogens is 1. The molecule has 1 amide bonds. The first-order valence-corrected chi connectivity index (χ1v) is 10.9. The molecule has 152 valence electrons. The first-order valence-electron chi connectivity index (χ1n) is 8.75. The van der Waals surface area contributed by atoms with E-state index in [1.807, 2.05) is 0 Å². The van der Waals surface area contributed by atoms with Gasteiger partial charge in [-0.1, -0.05) is 23.7 Å². The Balaban J connectivity index is 2.10. The second-order valence-corrected chi connectivity index (χ2v) is 8.57. The second kappa shape index (κ2) is 8.71. The Morgan fingerprint density at radius 2 is 2.00 bits per heavy atom. The van der Waals surface area contributed by atoms with Gasteiger partial charge in [-0.3, -0.25) is 18.5 Å². The largest absolute Gasteiger partial charge is 0.348 e. The van der Waals surface area contributed by atoms with E-state index >= 15 is 0 Å². The average molecular weight is 434 g/mol. The molecule has 3 aromatic rings. The van der Waals surface area contributed by atoms with Crippen LogP contribution in [-0.2, 0) is 17.8 Å². The summed E-state index contributed by atoms with van der Waals surface area (Å²) in [5.41, 5.74) is 0.927. The molecule has 0 aliphatic heterocycles. The minimum Gasteiger partial charge on any atom is -0.348 e. The van der Waals surface area contributed by atoms with Gasteiger partial charge in [0.25, 0.3) is 11.5 Å². The van der Waals surface area contributed by atoms with Gasteiger partial charge in [0.2, 0.25) is 0 Å². The zero-order valence-electron chi connectivity index (χ0n) is 16.1. The molecule has 29 heavy (non-hydrogen) atoms. The quantitative estimate of drug-likeness (QED) is 0.638. The second-order valence-electron chi connectivity index (χ2n) is 6.65. The standard InChI is InChI=1S/C19H20ClN5O3S/c1-12(11-29(3)28)22-18(26)16-8-17(13-4-6-14(20)7-5-13)23-25(19(16)27)15-9-21-24(2)10-15/h4-10,12H,11H2,1-3H3,(H,22,26). The van der Waals surface area contributed by atoms with Crippen molar-refractivity contribution in [2.45, 2.75) is 13.0 Å². The summed E-state index contributed by atoms with van der Waals surface area (Å²) in [5.74, 6) is -0.263. The normalized spacial score (nSPS) is 13.1. The smallest absolute Gasteiger partial charge is 0.284 e. The highest BCUT2D eigenvalue weighted by Gasteiger charge is 2.20. The molecule has 3 rings (SSSR count). The third-order valence-electron chi connectivity index (χ3n) is 4.09. The fourth-order valence-electron chi connectivity index (χ4n) is 2.81. The average Bonchev–Trinajstić information content (AvgIpc) is 3.08. The lowest BCUT2D eigenvalue weighted by molar-refractivity contribution is 0.0941. The predicted molar refractivity (Wildman–Crippen MR) is 113 cm³/mol. The van der Waals surface area contributed by atoms with Crippen LogP contribution in [0.2, 0.25) is 5.02 Å². The highest BCUT2D eigenvalue weighted by molar-refractivity contribution is 7.84. The Hall–Kier alpha value is -2.78. The summed E-state index contributed by atoms with van der Waals surface area (Å²) < 4.78 is 14.1. The van der Waals surface area contributed by atoms with E-state index in [4.69, 9.17) is 11.6 Å². The summed E-state index contributed by atoms with van der Waals surface area (Å²) in [6.45, 7) is 1.74. The summed E-state index contributed by atoms with van der Waals surface area (Å²) >= 11 is 5.96. The number of aryl methyl sites for hydroxylation is 1. The molecule has 2 atom stereocenters. The summed E-state index contributed by atoms with van der Waals surface area (Å²) in [5, 5.41) is 11.8. The molecule has 8 nitrogen and oxygen atoms in total. The Kier molecular flexibility index (Phi) is 6.29. The minimum atomic E-state index is -1.08. The van der Waals surface area contributed by atoms with E-state index in [0.29, 0.717) is 22.0 Å². The van der Waals surface area contributed by atoms with Gasteiger partial charge >= 0.3 is 0 Å². The summed E-state index contributed by atoms with van der Waals surface area (Å²) in [6, 6.07) is 8.02. The van der Waals surface area contributed by atoms with Crippen molar-refractivity contribution in [2.75, 3.05) is 12.0 Å². The first-order chi connectivity index (χ1) is 13.7. The van der Waals surface area contributed by atoms with Crippen LogP contribution in [0.3, 0.4) is 0 Å². The van der Waals surface area contributed by atoms with Gasteiger partial charge in [0.1, 0.15) is 11.3 Å². The number of benzene rings is 1. The van der Waals surface area contributed by atoms with Gasteiger partial charge in [-0.15, -0.1) is 0 Å². The van der Waals surface area contributed by atoms with Crippen molar-refractivity contribution >= 4 is 28.3 Å². The molecule has 2 heterocycles. The topological polar surface area (TPSA) is 98.9 Å². The number of hydrogen-bond acceptors (Lipinski definition) is 5. The summed E-state index contributed by atoms with van der Waals surface area (Å²) in [7, 11) is 0.645. The zero-order chi connectivity index (χ0) is 21.1. The van der Waals surface area contributed by atoms with Gasteiger partial charge in [0.15, 0.2) is 0 Å². The third-order valence-corrected chi connectivity index (χ3v) is 5.32. The first kappa shape index (κ1) is 20.9. The Bertz CT molecular complexity index is 1120. The van der Waals surface area contributed by atoms with Gasteiger partial charge < -0.3 is 5.32 Å². The van der Waals surface area contributed by atoms with Crippen LogP contribution in [0.1, 0.15) is 17.3 Å². The molecule has 1 aromatic carbocycles. The van der Waals surface area contributed by atoms with Gasteiger partial charge in [0.05, 0.1) is 18.1 Å². The SMILES string of the molecule is CC(CS(C)=O)NC(=O)c1cc(-c2ccc(Cl)cc2)nn(-c2cnn(C)c2)c1=O. The van der Waals surface area contributed by atoms with Gasteiger partial charge in [0, 0.05) is 46.5 Å². The van der Waals surface area contributed by atoms with Crippen molar-refractivity contribution in [2.24, 2.45) is 7.05 Å². The lowest BCUT2D eigenvalue weighted by Crippen LogP contribution is -2.40. The van der Waals surface area contributed by atoms with Crippen LogP contribution in [0.5, 0.6) is 0 Å². The molecular formula is C19H20ClN5O3S. The Morgan fingerprint density at radius 3 is 2.59 bits per heavy atom. The molecule has 0 fully saturated rings. The Labute approximate surface area is 175 Å². The molecule has 0 saturated carbocycles. The van der Waals surface area contributed by atoms with E-state index in [0.717, 1.165) is 4.68 Å². The van der Waals surface area contributed by atoms with E-state index < -0.39 is 22.3 Å². The van der Waals surface area contributed by atoms with Crippen molar-refractivity contribution in [1.29, 1.82) is 0 Å². The zero-order valence-corrected chi connectivity index (χ0v) is 17.7. The van der Waals surface area contributed by atoms with Crippen LogP contribution in [0, 0.1) is 0 Å². The number of amides is 1. The molecule has 10 heteroatoms. The van der Waals surface area contributed by atoms with E-state index in [1.165, 1.54) is 16.9 Å².